The Hall–Kier alpha value is -2.29. The molecule has 0 saturated heterocycles. The molecule has 3 aromatic rings. The number of carboxylic acid groups (broad SMARTS) is 1. The number of aromatic nitrogens is 2. The zero-order valence-electron chi connectivity index (χ0n) is 20.7. The van der Waals surface area contributed by atoms with Gasteiger partial charge in [0.1, 0.15) is 5.82 Å². The van der Waals surface area contributed by atoms with Crippen LogP contribution in [-0.2, 0) is 17.6 Å². The Balaban J connectivity index is 0.00000361. The Kier molecular flexibility index (Phi) is 10.0. The molecule has 6 nitrogen and oxygen atoms in total. The van der Waals surface area contributed by atoms with Crippen molar-refractivity contribution in [3.63, 3.8) is 0 Å². The van der Waals surface area contributed by atoms with Gasteiger partial charge in [0, 0.05) is 30.3 Å². The minimum absolute atomic E-state index is 0. The van der Waals surface area contributed by atoms with Crippen LogP contribution in [0.1, 0.15) is 59.7 Å². The standard InChI is InChI=1S/C28H31FN2O4.Na/c1-18-5-7-19(8-6-18)15-20-3-2-4-25-26(14-13-23(32)16-24(33)17-27(34)35)31(30-28(20)25)22-11-9-21(29)10-12-22;/h5-14,20,23-24,32-33H,2-4,15-17H2,1H3,(H,34,35);/q;+1/p-1/b14-13+;/t20?,23-,24-;/m0./s1. The summed E-state index contributed by atoms with van der Waals surface area (Å²) >= 11 is 0. The van der Waals surface area contributed by atoms with Gasteiger partial charge >= 0.3 is 29.6 Å². The van der Waals surface area contributed by atoms with Crippen molar-refractivity contribution >= 4 is 12.0 Å². The fourth-order valence-corrected chi connectivity index (χ4v) is 4.72. The average molecular weight is 501 g/mol. The molecule has 2 N–H and O–H groups in total. The summed E-state index contributed by atoms with van der Waals surface area (Å²) in [6.07, 6.45) is 4.15. The molecule has 184 valence electrons. The smallest absolute Gasteiger partial charge is 0.550 e. The van der Waals surface area contributed by atoms with Crippen molar-refractivity contribution in [2.24, 2.45) is 0 Å². The molecule has 0 amide bonds. The van der Waals surface area contributed by atoms with E-state index >= 15 is 0 Å². The van der Waals surface area contributed by atoms with Crippen molar-refractivity contribution in [3.05, 3.63) is 88.5 Å². The van der Waals surface area contributed by atoms with Gasteiger partial charge in [-0.1, -0.05) is 35.9 Å². The van der Waals surface area contributed by atoms with Gasteiger partial charge in [0.05, 0.1) is 29.3 Å². The molecule has 0 spiro atoms. The number of rotatable bonds is 9. The number of carbonyl (C=O) groups is 1. The van der Waals surface area contributed by atoms with E-state index in [1.54, 1.807) is 29.0 Å². The molecular weight excluding hydrogens is 470 g/mol. The van der Waals surface area contributed by atoms with Crippen LogP contribution in [0.5, 0.6) is 0 Å². The molecule has 1 heterocycles. The van der Waals surface area contributed by atoms with Gasteiger partial charge in [-0.3, -0.25) is 0 Å². The van der Waals surface area contributed by atoms with E-state index in [0.29, 0.717) is 5.69 Å². The van der Waals surface area contributed by atoms with E-state index in [1.165, 1.54) is 23.3 Å². The number of benzene rings is 2. The first-order valence-electron chi connectivity index (χ1n) is 12.0. The third-order valence-corrected chi connectivity index (χ3v) is 6.49. The first-order valence-corrected chi connectivity index (χ1v) is 12.0. The fraction of sp³-hybridized carbons (Fsp3) is 0.357. The third kappa shape index (κ3) is 7.14. The maximum Gasteiger partial charge on any atom is 1.00 e. The largest absolute Gasteiger partial charge is 1.00 e. The van der Waals surface area contributed by atoms with Crippen LogP contribution in [0.4, 0.5) is 4.39 Å². The first kappa shape index (κ1) is 28.3. The second-order valence-electron chi connectivity index (χ2n) is 9.31. The Morgan fingerprint density at radius 3 is 2.56 bits per heavy atom. The van der Waals surface area contributed by atoms with E-state index in [0.717, 1.165) is 42.6 Å². The number of nitrogens with zero attached hydrogens (tertiary/aromatic N) is 2. The van der Waals surface area contributed by atoms with Gasteiger partial charge in [0.2, 0.25) is 0 Å². The van der Waals surface area contributed by atoms with Crippen molar-refractivity contribution in [1.82, 2.24) is 9.78 Å². The van der Waals surface area contributed by atoms with E-state index in [4.69, 9.17) is 5.10 Å². The molecule has 0 saturated carbocycles. The fourth-order valence-electron chi connectivity index (χ4n) is 4.72. The van der Waals surface area contributed by atoms with Crippen molar-refractivity contribution < 1.29 is 54.1 Å². The van der Waals surface area contributed by atoms with Gasteiger partial charge in [-0.2, -0.15) is 5.10 Å². The van der Waals surface area contributed by atoms with Crippen LogP contribution in [0.3, 0.4) is 0 Å². The topological polar surface area (TPSA) is 98.4 Å². The normalized spacial score (nSPS) is 16.8. The third-order valence-electron chi connectivity index (χ3n) is 6.49. The quantitative estimate of drug-likeness (QED) is 0.411. The molecule has 4 rings (SSSR count). The van der Waals surface area contributed by atoms with E-state index in [9.17, 15) is 24.5 Å². The molecule has 0 fully saturated rings. The maximum atomic E-state index is 13.6. The molecule has 3 atom stereocenters. The molecule has 1 unspecified atom stereocenters. The van der Waals surface area contributed by atoms with Crippen LogP contribution in [0.15, 0.2) is 54.6 Å². The predicted molar refractivity (Wildman–Crippen MR) is 129 cm³/mol. The number of aliphatic hydroxyl groups is 2. The zero-order chi connectivity index (χ0) is 24.9. The zero-order valence-corrected chi connectivity index (χ0v) is 22.7. The number of aliphatic carboxylic acids is 1. The van der Waals surface area contributed by atoms with Crippen LogP contribution < -0.4 is 34.7 Å². The summed E-state index contributed by atoms with van der Waals surface area (Å²) in [5, 5.41) is 35.8. The first-order chi connectivity index (χ1) is 16.8. The van der Waals surface area contributed by atoms with Crippen LogP contribution in [0, 0.1) is 12.7 Å². The summed E-state index contributed by atoms with van der Waals surface area (Å²) in [5.74, 6) is -1.46. The molecule has 2 aromatic carbocycles. The van der Waals surface area contributed by atoms with Gasteiger partial charge in [0.25, 0.3) is 0 Å². The summed E-state index contributed by atoms with van der Waals surface area (Å²) in [6, 6.07) is 14.6. The Labute approximate surface area is 232 Å². The molecule has 0 radical (unpaired) electrons. The van der Waals surface area contributed by atoms with Crippen molar-refractivity contribution in [2.75, 3.05) is 0 Å². The minimum Gasteiger partial charge on any atom is -0.550 e. The molecule has 8 heteroatoms. The van der Waals surface area contributed by atoms with E-state index in [-0.39, 0.29) is 47.7 Å². The molecular formula is C28H30FN2NaO4. The molecule has 1 aliphatic rings. The summed E-state index contributed by atoms with van der Waals surface area (Å²) in [5.41, 5.74) is 6.08. The number of carbonyl (C=O) groups excluding carboxylic acids is 1. The number of carboxylic acids is 1. The number of aliphatic hydroxyl groups excluding tert-OH is 2. The van der Waals surface area contributed by atoms with Crippen molar-refractivity contribution in [2.45, 2.75) is 63.6 Å². The molecule has 0 aliphatic heterocycles. The predicted octanol–water partition coefficient (Wildman–Crippen LogP) is 0.252. The average Bonchev–Trinajstić information content (AvgIpc) is 3.18. The Bertz CT molecular complexity index is 1190. The van der Waals surface area contributed by atoms with Gasteiger partial charge in [-0.05, 0) is 68.5 Å². The number of halogens is 1. The monoisotopic (exact) mass is 500 g/mol. The summed E-state index contributed by atoms with van der Waals surface area (Å²) < 4.78 is 15.4. The van der Waals surface area contributed by atoms with E-state index < -0.39 is 24.6 Å². The molecule has 0 bridgehead atoms. The second-order valence-corrected chi connectivity index (χ2v) is 9.31. The molecule has 1 aromatic heterocycles. The van der Waals surface area contributed by atoms with Gasteiger partial charge in [0.15, 0.2) is 0 Å². The number of fused-ring (bicyclic) bond motifs is 1. The summed E-state index contributed by atoms with van der Waals surface area (Å²) in [7, 11) is 0. The molecule has 36 heavy (non-hydrogen) atoms. The Morgan fingerprint density at radius 2 is 1.89 bits per heavy atom. The summed E-state index contributed by atoms with van der Waals surface area (Å²) in [4.78, 5) is 10.7. The van der Waals surface area contributed by atoms with Crippen LogP contribution in [0.2, 0.25) is 0 Å². The number of aryl methyl sites for hydroxylation is 1. The van der Waals surface area contributed by atoms with Gasteiger partial charge in [-0.25, -0.2) is 9.07 Å². The Morgan fingerprint density at radius 1 is 1.19 bits per heavy atom. The maximum absolute atomic E-state index is 13.6. The second kappa shape index (κ2) is 12.8. The van der Waals surface area contributed by atoms with Crippen molar-refractivity contribution in [3.8, 4) is 5.69 Å². The van der Waals surface area contributed by atoms with Crippen LogP contribution >= 0.6 is 0 Å². The van der Waals surface area contributed by atoms with Gasteiger partial charge < -0.3 is 20.1 Å². The SMILES string of the molecule is Cc1ccc(CC2CCCc3c2nn(-c2ccc(F)cc2)c3/C=C/[C@H](O)C[C@H](O)CC(=O)[O-])cc1.[Na+]. The van der Waals surface area contributed by atoms with E-state index in [2.05, 4.69) is 31.2 Å². The van der Waals surface area contributed by atoms with Gasteiger partial charge in [-0.15, -0.1) is 0 Å². The van der Waals surface area contributed by atoms with Crippen molar-refractivity contribution in [1.29, 1.82) is 0 Å². The van der Waals surface area contributed by atoms with Crippen LogP contribution in [-0.4, -0.2) is 38.2 Å². The molecule has 1 aliphatic carbocycles. The minimum atomic E-state index is -1.36. The van der Waals surface area contributed by atoms with E-state index in [1.807, 2.05) is 0 Å². The number of hydrogen-bond acceptors (Lipinski definition) is 5. The number of hydrogen-bond donors (Lipinski definition) is 2. The van der Waals surface area contributed by atoms with Crippen LogP contribution in [0.25, 0.3) is 11.8 Å². The summed E-state index contributed by atoms with van der Waals surface area (Å²) in [6.45, 7) is 2.07.